The van der Waals surface area contributed by atoms with Crippen molar-refractivity contribution in [3.63, 3.8) is 0 Å². The van der Waals surface area contributed by atoms with Crippen LogP contribution in [0.1, 0.15) is 35.7 Å². The molecular formula is C27H25ClFN3O4S. The van der Waals surface area contributed by atoms with Crippen molar-refractivity contribution in [2.45, 2.75) is 39.7 Å². The van der Waals surface area contributed by atoms with Crippen LogP contribution in [-0.4, -0.2) is 15.4 Å². The van der Waals surface area contributed by atoms with E-state index in [1.54, 1.807) is 48.7 Å². The fraction of sp³-hybridized carbons (Fsp3) is 0.259. The van der Waals surface area contributed by atoms with Crippen molar-refractivity contribution in [3.8, 4) is 11.1 Å². The van der Waals surface area contributed by atoms with Crippen LogP contribution in [-0.2, 0) is 11.4 Å². The molecule has 1 unspecified atom stereocenters. The third kappa shape index (κ3) is 4.52. The van der Waals surface area contributed by atoms with Crippen molar-refractivity contribution in [1.82, 2.24) is 4.57 Å². The van der Waals surface area contributed by atoms with Crippen molar-refractivity contribution < 1.29 is 13.4 Å². The summed E-state index contributed by atoms with van der Waals surface area (Å²) in [7, 11) is 0. The molecule has 0 saturated heterocycles. The summed E-state index contributed by atoms with van der Waals surface area (Å²) >= 11 is 5.38. The molecular weight excluding hydrogens is 517 g/mol. The minimum absolute atomic E-state index is 0.00456. The first-order valence-electron chi connectivity index (χ1n) is 11.7. The van der Waals surface area contributed by atoms with Crippen molar-refractivity contribution >= 4 is 51.0 Å². The second kappa shape index (κ2) is 9.55. The quantitative estimate of drug-likeness (QED) is 0.285. The number of halogens is 2. The fourth-order valence-corrected chi connectivity index (χ4v) is 5.43. The van der Waals surface area contributed by atoms with Crippen molar-refractivity contribution in [3.05, 3.63) is 84.8 Å². The van der Waals surface area contributed by atoms with Gasteiger partial charge >= 0.3 is 5.63 Å². The highest BCUT2D eigenvalue weighted by Gasteiger charge is 2.32. The molecule has 7 nitrogen and oxygen atoms in total. The molecule has 1 atom stereocenters. The average molecular weight is 542 g/mol. The standard InChI is InChI=1S/C27H25ClFN3O4S/c1-13-8-11-19(18(29)12-13)30-24-14(2)27(34)36-25-21(15(3)32(16-9-10-16)26(33)22(24)25)17-6-5-7-20(23(17)28)31-37(4)35/h5-8,11-12,16,30-31H,9-10H2,1-4H3. The van der Waals surface area contributed by atoms with Crippen LogP contribution in [0.3, 0.4) is 0 Å². The Bertz CT molecular complexity index is 1680. The lowest BCUT2D eigenvalue weighted by atomic mass is 9.99. The summed E-state index contributed by atoms with van der Waals surface area (Å²) < 4.78 is 36.9. The molecule has 0 radical (unpaired) electrons. The van der Waals surface area contributed by atoms with Gasteiger partial charge in [-0.2, -0.15) is 0 Å². The molecule has 37 heavy (non-hydrogen) atoms. The summed E-state index contributed by atoms with van der Waals surface area (Å²) in [6.07, 6.45) is 3.16. The van der Waals surface area contributed by atoms with E-state index in [9.17, 15) is 18.5 Å². The van der Waals surface area contributed by atoms with E-state index >= 15 is 0 Å². The number of hydrogen-bond donors (Lipinski definition) is 2. The van der Waals surface area contributed by atoms with Gasteiger partial charge in [-0.1, -0.05) is 29.8 Å². The summed E-state index contributed by atoms with van der Waals surface area (Å²) in [5.41, 5.74) is 2.29. The second-order valence-electron chi connectivity index (χ2n) is 9.29. The first-order valence-corrected chi connectivity index (χ1v) is 13.7. The van der Waals surface area contributed by atoms with Gasteiger partial charge in [-0.05, 0) is 57.4 Å². The third-order valence-electron chi connectivity index (χ3n) is 6.55. The highest BCUT2D eigenvalue weighted by molar-refractivity contribution is 7.92. The molecule has 0 amide bonds. The molecule has 1 saturated carbocycles. The molecule has 4 aromatic rings. The van der Waals surface area contributed by atoms with E-state index in [4.69, 9.17) is 16.0 Å². The summed E-state index contributed by atoms with van der Waals surface area (Å²) in [4.78, 5) is 26.9. The van der Waals surface area contributed by atoms with E-state index < -0.39 is 22.8 Å². The number of benzene rings is 2. The van der Waals surface area contributed by atoms with Gasteiger partial charge in [0.15, 0.2) is 5.58 Å². The molecule has 1 fully saturated rings. The van der Waals surface area contributed by atoms with Crippen molar-refractivity contribution in [2.75, 3.05) is 16.3 Å². The molecule has 2 heterocycles. The molecule has 0 spiro atoms. The van der Waals surface area contributed by atoms with Crippen LogP contribution in [0.5, 0.6) is 0 Å². The number of hydrogen-bond acceptors (Lipinski definition) is 6. The van der Waals surface area contributed by atoms with Gasteiger partial charge in [-0.15, -0.1) is 0 Å². The molecule has 10 heteroatoms. The van der Waals surface area contributed by atoms with Crippen LogP contribution in [0.4, 0.5) is 21.5 Å². The second-order valence-corrected chi connectivity index (χ2v) is 10.8. The Morgan fingerprint density at radius 2 is 1.86 bits per heavy atom. The molecule has 1 aliphatic carbocycles. The van der Waals surface area contributed by atoms with E-state index in [0.29, 0.717) is 22.5 Å². The van der Waals surface area contributed by atoms with Gasteiger partial charge in [0, 0.05) is 22.9 Å². The van der Waals surface area contributed by atoms with E-state index in [2.05, 4.69) is 10.0 Å². The predicted octanol–water partition coefficient (Wildman–Crippen LogP) is 6.12. The minimum atomic E-state index is -1.38. The number of rotatable bonds is 6. The first-order chi connectivity index (χ1) is 17.6. The molecule has 2 aromatic carbocycles. The number of aryl methyl sites for hydroxylation is 1. The largest absolute Gasteiger partial charge is 0.593 e. The van der Waals surface area contributed by atoms with Gasteiger partial charge < -0.3 is 18.9 Å². The lowest BCUT2D eigenvalue weighted by Gasteiger charge is -2.20. The SMILES string of the molecule is Cc1ccc(Nc2c(C)c(=O)oc3c(-c4cccc(N[S+](C)[O-])c4Cl)c(C)n(C4CC4)c(=O)c23)c(F)c1. The smallest absolute Gasteiger partial charge is 0.341 e. The van der Waals surface area contributed by atoms with Crippen LogP contribution in [0.25, 0.3) is 22.1 Å². The van der Waals surface area contributed by atoms with Gasteiger partial charge in [0.05, 0.1) is 33.3 Å². The Labute approximate surface area is 220 Å². The van der Waals surface area contributed by atoms with E-state index in [1.807, 2.05) is 0 Å². The van der Waals surface area contributed by atoms with Crippen LogP contribution < -0.4 is 21.2 Å². The molecule has 1 aliphatic rings. The Balaban J connectivity index is 1.87. The summed E-state index contributed by atoms with van der Waals surface area (Å²) in [6.45, 7) is 5.10. The van der Waals surface area contributed by atoms with Gasteiger partial charge in [-0.3, -0.25) is 4.79 Å². The average Bonchev–Trinajstić information content (AvgIpc) is 3.65. The van der Waals surface area contributed by atoms with Crippen molar-refractivity contribution in [1.29, 1.82) is 0 Å². The van der Waals surface area contributed by atoms with Gasteiger partial charge in [0.2, 0.25) is 0 Å². The Kier molecular flexibility index (Phi) is 6.55. The maximum absolute atomic E-state index is 14.8. The fourth-order valence-electron chi connectivity index (χ4n) is 4.62. The van der Waals surface area contributed by atoms with Gasteiger partial charge in [-0.25, -0.2) is 13.9 Å². The zero-order valence-corrected chi connectivity index (χ0v) is 22.3. The number of fused-ring (bicyclic) bond motifs is 1. The zero-order valence-electron chi connectivity index (χ0n) is 20.7. The molecule has 2 N–H and O–H groups in total. The highest BCUT2D eigenvalue weighted by Crippen LogP contribution is 2.43. The monoisotopic (exact) mass is 541 g/mol. The number of nitrogens with zero attached hydrogens (tertiary/aromatic N) is 1. The lowest BCUT2D eigenvalue weighted by molar-refractivity contribution is 0.553. The first kappa shape index (κ1) is 25.4. The van der Waals surface area contributed by atoms with E-state index in [1.165, 1.54) is 19.2 Å². The summed E-state index contributed by atoms with van der Waals surface area (Å²) in [5.74, 6) is -0.509. The summed E-state index contributed by atoms with van der Waals surface area (Å²) in [6, 6.07) is 9.85. The molecule has 0 aliphatic heterocycles. The van der Waals surface area contributed by atoms with E-state index in [0.717, 1.165) is 18.4 Å². The molecule has 5 rings (SSSR count). The normalized spacial score (nSPS) is 14.1. The predicted molar refractivity (Wildman–Crippen MR) is 147 cm³/mol. The molecule has 192 valence electrons. The number of nitrogens with one attached hydrogen (secondary N) is 2. The lowest BCUT2D eigenvalue weighted by Crippen LogP contribution is -2.25. The Morgan fingerprint density at radius 3 is 2.51 bits per heavy atom. The third-order valence-corrected chi connectivity index (χ3v) is 7.47. The van der Waals surface area contributed by atoms with Crippen molar-refractivity contribution in [2.24, 2.45) is 0 Å². The molecule has 0 bridgehead atoms. The van der Waals surface area contributed by atoms with E-state index in [-0.39, 0.29) is 44.5 Å². The number of pyridine rings is 1. The van der Waals surface area contributed by atoms with Gasteiger partial charge in [0.1, 0.15) is 23.1 Å². The Morgan fingerprint density at radius 1 is 1.14 bits per heavy atom. The van der Waals surface area contributed by atoms with Crippen LogP contribution in [0.15, 0.2) is 50.4 Å². The van der Waals surface area contributed by atoms with Crippen LogP contribution in [0.2, 0.25) is 5.02 Å². The zero-order chi connectivity index (χ0) is 26.6. The Hall–Kier alpha value is -3.27. The highest BCUT2D eigenvalue weighted by atomic mass is 35.5. The van der Waals surface area contributed by atoms with Gasteiger partial charge in [0.25, 0.3) is 5.56 Å². The summed E-state index contributed by atoms with van der Waals surface area (Å²) in [5, 5.41) is 3.40. The minimum Gasteiger partial charge on any atom is -0.593 e. The number of aromatic nitrogens is 1. The number of anilines is 3. The maximum atomic E-state index is 14.8. The molecule has 2 aromatic heterocycles. The van der Waals surface area contributed by atoms with Crippen LogP contribution >= 0.6 is 11.6 Å². The maximum Gasteiger partial charge on any atom is 0.341 e. The topological polar surface area (TPSA) is 99.3 Å². The van der Waals surface area contributed by atoms with Crippen LogP contribution in [0, 0.1) is 26.6 Å².